The molecule has 2 fully saturated rings. The number of hydrogen-bond donors (Lipinski definition) is 1. The highest BCUT2D eigenvalue weighted by Crippen LogP contribution is 2.53. The number of piperidine rings is 1. The predicted molar refractivity (Wildman–Crippen MR) is 70.4 cm³/mol. The number of rotatable bonds is 4. The summed E-state index contributed by atoms with van der Waals surface area (Å²) in [5, 5.41) is 8.91. The smallest absolute Gasteiger partial charge is 0.410 e. The minimum atomic E-state index is -0.209. The van der Waals surface area contributed by atoms with Crippen LogP contribution < -0.4 is 0 Å². The zero-order valence-electron chi connectivity index (χ0n) is 10.9. The number of hydrogen-bond acceptors (Lipinski definition) is 3. The number of aliphatic hydroxyl groups excluding tert-OH is 1. The summed E-state index contributed by atoms with van der Waals surface area (Å²) in [7, 11) is 0. The Morgan fingerprint density at radius 1 is 1.26 bits per heavy atom. The topological polar surface area (TPSA) is 49.8 Å². The van der Waals surface area contributed by atoms with Crippen LogP contribution in [0.25, 0.3) is 0 Å². The normalized spacial score (nSPS) is 28.1. The molecule has 0 spiro atoms. The number of fused-ring (bicyclic) bond motifs is 1. The van der Waals surface area contributed by atoms with Gasteiger partial charge in [-0.1, -0.05) is 30.3 Å². The predicted octanol–water partition coefficient (Wildman–Crippen LogP) is 1.88. The Hall–Kier alpha value is -1.55. The molecule has 1 saturated heterocycles. The van der Waals surface area contributed by atoms with Crippen LogP contribution in [0.1, 0.15) is 12.0 Å². The highest BCUT2D eigenvalue weighted by molar-refractivity contribution is 5.68. The number of ether oxygens (including phenoxy) is 1. The molecule has 1 heterocycles. The summed E-state index contributed by atoms with van der Waals surface area (Å²) < 4.78 is 5.31. The van der Waals surface area contributed by atoms with Crippen molar-refractivity contribution in [3.8, 4) is 0 Å². The first kappa shape index (κ1) is 12.5. The van der Waals surface area contributed by atoms with E-state index in [0.717, 1.165) is 25.1 Å². The van der Waals surface area contributed by atoms with Gasteiger partial charge in [0.25, 0.3) is 0 Å². The van der Waals surface area contributed by atoms with Crippen molar-refractivity contribution < 1.29 is 14.6 Å². The van der Waals surface area contributed by atoms with Gasteiger partial charge in [0, 0.05) is 19.7 Å². The maximum absolute atomic E-state index is 11.9. The van der Waals surface area contributed by atoms with E-state index < -0.39 is 0 Å². The molecule has 0 radical (unpaired) electrons. The molecule has 4 heteroatoms. The van der Waals surface area contributed by atoms with Gasteiger partial charge in [-0.15, -0.1) is 0 Å². The molecule has 19 heavy (non-hydrogen) atoms. The Balaban J connectivity index is 1.44. The van der Waals surface area contributed by atoms with E-state index >= 15 is 0 Å². The van der Waals surface area contributed by atoms with Crippen LogP contribution in [-0.2, 0) is 11.3 Å². The molecule has 4 nitrogen and oxygen atoms in total. The van der Waals surface area contributed by atoms with E-state index in [-0.39, 0.29) is 12.7 Å². The van der Waals surface area contributed by atoms with Gasteiger partial charge in [-0.25, -0.2) is 4.79 Å². The number of carbonyl (C=O) groups is 1. The molecule has 3 rings (SSSR count). The number of amides is 1. The Kier molecular flexibility index (Phi) is 3.42. The van der Waals surface area contributed by atoms with Crippen LogP contribution in [0.2, 0.25) is 0 Å². The summed E-state index contributed by atoms with van der Waals surface area (Å²) in [6.07, 6.45) is 0.668. The molecule has 102 valence electrons. The van der Waals surface area contributed by atoms with Crippen molar-refractivity contribution >= 4 is 6.09 Å². The lowest BCUT2D eigenvalue weighted by Gasteiger charge is -2.19. The fraction of sp³-hybridized carbons (Fsp3) is 0.533. The monoisotopic (exact) mass is 261 g/mol. The molecule has 1 aromatic carbocycles. The van der Waals surface area contributed by atoms with Crippen LogP contribution in [0, 0.1) is 17.8 Å². The summed E-state index contributed by atoms with van der Waals surface area (Å²) in [6.45, 7) is 2.19. The molecular formula is C15H19NO3. The van der Waals surface area contributed by atoms with E-state index in [1.807, 2.05) is 30.3 Å². The van der Waals surface area contributed by atoms with Gasteiger partial charge in [0.05, 0.1) is 0 Å². The number of likely N-dealkylation sites (tertiary alicyclic amines) is 1. The molecule has 1 aromatic rings. The molecule has 0 unspecified atom stereocenters. The summed E-state index contributed by atoms with van der Waals surface area (Å²) in [5.41, 5.74) is 1.01. The van der Waals surface area contributed by atoms with E-state index in [9.17, 15) is 4.79 Å². The summed E-state index contributed by atoms with van der Waals surface area (Å²) in [6, 6.07) is 9.72. The second-order valence-electron chi connectivity index (χ2n) is 5.45. The van der Waals surface area contributed by atoms with Crippen molar-refractivity contribution in [3.63, 3.8) is 0 Å². The van der Waals surface area contributed by atoms with Crippen molar-refractivity contribution in [2.75, 3.05) is 19.7 Å². The summed E-state index contributed by atoms with van der Waals surface area (Å²) >= 11 is 0. The molecular weight excluding hydrogens is 242 g/mol. The van der Waals surface area contributed by atoms with Crippen LogP contribution in [0.4, 0.5) is 4.79 Å². The lowest BCUT2D eigenvalue weighted by molar-refractivity contribution is 0.0980. The summed E-state index contributed by atoms with van der Waals surface area (Å²) in [4.78, 5) is 13.7. The number of benzene rings is 1. The van der Waals surface area contributed by atoms with E-state index in [4.69, 9.17) is 9.84 Å². The number of aliphatic hydroxyl groups is 1. The van der Waals surface area contributed by atoms with Crippen LogP contribution in [0.15, 0.2) is 30.3 Å². The van der Waals surface area contributed by atoms with Gasteiger partial charge in [0.15, 0.2) is 0 Å². The van der Waals surface area contributed by atoms with Crippen LogP contribution >= 0.6 is 0 Å². The van der Waals surface area contributed by atoms with E-state index in [1.54, 1.807) is 4.90 Å². The van der Waals surface area contributed by atoms with E-state index in [0.29, 0.717) is 24.4 Å². The van der Waals surface area contributed by atoms with Crippen molar-refractivity contribution in [1.82, 2.24) is 4.90 Å². The quantitative estimate of drug-likeness (QED) is 0.900. The van der Waals surface area contributed by atoms with Crippen LogP contribution in [0.5, 0.6) is 0 Å². The number of carbonyl (C=O) groups excluding carboxylic acids is 1. The largest absolute Gasteiger partial charge is 0.445 e. The Bertz CT molecular complexity index is 436. The summed E-state index contributed by atoms with van der Waals surface area (Å²) in [5.74, 6) is 1.82. The first-order valence-electron chi connectivity index (χ1n) is 6.86. The average molecular weight is 261 g/mol. The third-order valence-electron chi connectivity index (χ3n) is 4.30. The lowest BCUT2D eigenvalue weighted by Crippen LogP contribution is -2.32. The average Bonchev–Trinajstić information content (AvgIpc) is 2.89. The Morgan fingerprint density at radius 2 is 1.95 bits per heavy atom. The van der Waals surface area contributed by atoms with Gasteiger partial charge in [-0.3, -0.25) is 0 Å². The Morgan fingerprint density at radius 3 is 2.58 bits per heavy atom. The zero-order valence-corrected chi connectivity index (χ0v) is 10.9. The molecule has 1 saturated carbocycles. The molecule has 1 N–H and O–H groups in total. The SMILES string of the molecule is O=C(OCc1ccccc1)N1C[C@@H]2[C@H](CCO)[C@@H]2C1. The fourth-order valence-electron chi connectivity index (χ4n) is 3.19. The molecule has 0 bridgehead atoms. The first-order chi connectivity index (χ1) is 9.29. The molecule has 1 aliphatic heterocycles. The van der Waals surface area contributed by atoms with Crippen LogP contribution in [-0.4, -0.2) is 35.8 Å². The fourth-order valence-corrected chi connectivity index (χ4v) is 3.19. The van der Waals surface area contributed by atoms with Gasteiger partial charge in [0.1, 0.15) is 6.61 Å². The molecule has 1 aliphatic carbocycles. The molecule has 1 amide bonds. The second kappa shape index (κ2) is 5.21. The molecule has 2 aliphatic rings. The second-order valence-corrected chi connectivity index (χ2v) is 5.45. The maximum Gasteiger partial charge on any atom is 0.410 e. The van der Waals surface area contributed by atoms with Gasteiger partial charge in [0.2, 0.25) is 0 Å². The van der Waals surface area contributed by atoms with Crippen molar-refractivity contribution in [2.24, 2.45) is 17.8 Å². The van der Waals surface area contributed by atoms with Gasteiger partial charge >= 0.3 is 6.09 Å². The van der Waals surface area contributed by atoms with Crippen LogP contribution in [0.3, 0.4) is 0 Å². The standard InChI is InChI=1S/C15H19NO3/c17-7-6-12-13-8-16(9-14(12)13)15(18)19-10-11-4-2-1-3-5-11/h1-5,12-14,17H,6-10H2/t12-,13+,14-. The highest BCUT2D eigenvalue weighted by atomic mass is 16.6. The lowest BCUT2D eigenvalue weighted by atomic mass is 10.2. The molecule has 0 aromatic heterocycles. The third-order valence-corrected chi connectivity index (χ3v) is 4.30. The van der Waals surface area contributed by atoms with Gasteiger partial charge in [-0.05, 0) is 29.7 Å². The third kappa shape index (κ3) is 2.59. The zero-order chi connectivity index (χ0) is 13.2. The van der Waals surface area contributed by atoms with Crippen molar-refractivity contribution in [3.05, 3.63) is 35.9 Å². The number of nitrogens with zero attached hydrogens (tertiary/aromatic N) is 1. The van der Waals surface area contributed by atoms with Crippen molar-refractivity contribution in [1.29, 1.82) is 0 Å². The first-order valence-corrected chi connectivity index (χ1v) is 6.86. The minimum absolute atomic E-state index is 0.209. The van der Waals surface area contributed by atoms with Gasteiger partial charge in [-0.2, -0.15) is 0 Å². The van der Waals surface area contributed by atoms with E-state index in [1.165, 1.54) is 0 Å². The maximum atomic E-state index is 11.9. The molecule has 3 atom stereocenters. The Labute approximate surface area is 113 Å². The van der Waals surface area contributed by atoms with Crippen molar-refractivity contribution in [2.45, 2.75) is 13.0 Å². The minimum Gasteiger partial charge on any atom is -0.445 e. The van der Waals surface area contributed by atoms with E-state index in [2.05, 4.69) is 0 Å². The van der Waals surface area contributed by atoms with Gasteiger partial charge < -0.3 is 14.7 Å². The highest BCUT2D eigenvalue weighted by Gasteiger charge is 2.56.